The third-order valence-electron chi connectivity index (χ3n) is 4.97. The van der Waals surface area contributed by atoms with Crippen molar-refractivity contribution in [3.05, 3.63) is 59.7 Å². The first-order valence-electron chi connectivity index (χ1n) is 9.64. The number of carbonyl (C=O) groups is 3. The van der Waals surface area contributed by atoms with Gasteiger partial charge >= 0.3 is 5.97 Å². The Hall–Kier alpha value is -3.35. The highest BCUT2D eigenvalue weighted by Crippen LogP contribution is 2.19. The van der Waals surface area contributed by atoms with Crippen LogP contribution in [-0.2, 0) is 4.79 Å². The fourth-order valence-corrected chi connectivity index (χ4v) is 3.35. The lowest BCUT2D eigenvalue weighted by molar-refractivity contribution is -0.131. The molecule has 152 valence electrons. The van der Waals surface area contributed by atoms with E-state index in [9.17, 15) is 14.4 Å². The Labute approximate surface area is 169 Å². The number of piperidine rings is 1. The minimum atomic E-state index is -0.428. The van der Waals surface area contributed by atoms with Gasteiger partial charge in [0, 0.05) is 43.4 Å². The fourth-order valence-electron chi connectivity index (χ4n) is 3.35. The molecule has 2 aromatic carbocycles. The zero-order valence-electron chi connectivity index (χ0n) is 16.4. The van der Waals surface area contributed by atoms with Crippen molar-refractivity contribution in [3.63, 3.8) is 0 Å². The summed E-state index contributed by atoms with van der Waals surface area (Å²) in [4.78, 5) is 37.8. The van der Waals surface area contributed by atoms with Crippen molar-refractivity contribution >= 4 is 23.5 Å². The summed E-state index contributed by atoms with van der Waals surface area (Å²) in [7, 11) is 0. The maximum Gasteiger partial charge on any atom is 0.308 e. The summed E-state index contributed by atoms with van der Waals surface area (Å²) >= 11 is 0. The van der Waals surface area contributed by atoms with E-state index >= 15 is 0 Å². The van der Waals surface area contributed by atoms with Crippen molar-refractivity contribution < 1.29 is 19.1 Å². The Balaban J connectivity index is 1.47. The summed E-state index contributed by atoms with van der Waals surface area (Å²) in [5.41, 5.74) is 7.39. The van der Waals surface area contributed by atoms with Crippen LogP contribution in [0, 0.1) is 5.92 Å². The van der Waals surface area contributed by atoms with E-state index < -0.39 is 5.97 Å². The first-order valence-corrected chi connectivity index (χ1v) is 9.64. The van der Waals surface area contributed by atoms with E-state index in [2.05, 4.69) is 5.32 Å². The highest BCUT2D eigenvalue weighted by atomic mass is 16.5. The summed E-state index contributed by atoms with van der Waals surface area (Å²) in [6, 6.07) is 13.5. The SMILES string of the molecule is CC(=O)Oc1cccc(C(=O)NCC2CCN(C(=O)c3ccc(N)cc3)CC2)c1. The Morgan fingerprint density at radius 1 is 1.07 bits per heavy atom. The van der Waals surface area contributed by atoms with Crippen LogP contribution in [-0.4, -0.2) is 42.3 Å². The zero-order valence-corrected chi connectivity index (χ0v) is 16.4. The normalized spacial score (nSPS) is 14.3. The van der Waals surface area contributed by atoms with Crippen LogP contribution in [0.5, 0.6) is 5.75 Å². The number of ether oxygens (including phenoxy) is 1. The third-order valence-corrected chi connectivity index (χ3v) is 4.97. The average molecular weight is 395 g/mol. The van der Waals surface area contributed by atoms with Gasteiger partial charge in [-0.25, -0.2) is 0 Å². The molecular formula is C22H25N3O4. The van der Waals surface area contributed by atoms with Gasteiger partial charge in [-0.3, -0.25) is 14.4 Å². The number of nitrogens with one attached hydrogen (secondary N) is 1. The second-order valence-electron chi connectivity index (χ2n) is 7.19. The summed E-state index contributed by atoms with van der Waals surface area (Å²) < 4.78 is 5.01. The minimum Gasteiger partial charge on any atom is -0.427 e. The molecule has 0 bridgehead atoms. The van der Waals surface area contributed by atoms with E-state index in [-0.39, 0.29) is 11.8 Å². The maximum atomic E-state index is 12.6. The van der Waals surface area contributed by atoms with Gasteiger partial charge in [0.15, 0.2) is 0 Å². The number of amides is 2. The molecule has 7 nitrogen and oxygen atoms in total. The molecule has 1 saturated heterocycles. The van der Waals surface area contributed by atoms with Gasteiger partial charge in [-0.05, 0) is 61.2 Å². The number of hydrogen-bond acceptors (Lipinski definition) is 5. The Morgan fingerprint density at radius 2 is 1.76 bits per heavy atom. The van der Waals surface area contributed by atoms with E-state index in [0.717, 1.165) is 12.8 Å². The predicted octanol–water partition coefficient (Wildman–Crippen LogP) is 2.48. The Bertz CT molecular complexity index is 887. The number of carbonyl (C=O) groups excluding carboxylic acids is 3. The molecule has 1 heterocycles. The van der Waals surface area contributed by atoms with Gasteiger partial charge in [-0.1, -0.05) is 6.07 Å². The number of benzene rings is 2. The number of nitrogen functional groups attached to an aromatic ring is 1. The van der Waals surface area contributed by atoms with Crippen LogP contribution < -0.4 is 15.8 Å². The van der Waals surface area contributed by atoms with Crippen LogP contribution in [0.4, 0.5) is 5.69 Å². The van der Waals surface area contributed by atoms with Gasteiger partial charge in [-0.2, -0.15) is 0 Å². The number of anilines is 1. The molecule has 0 unspecified atom stereocenters. The number of nitrogens with two attached hydrogens (primary N) is 1. The molecule has 1 aliphatic heterocycles. The molecule has 3 rings (SSSR count). The molecule has 0 aromatic heterocycles. The van der Waals surface area contributed by atoms with Crippen molar-refractivity contribution in [2.75, 3.05) is 25.4 Å². The largest absolute Gasteiger partial charge is 0.427 e. The number of esters is 1. The lowest BCUT2D eigenvalue weighted by atomic mass is 9.96. The molecule has 1 fully saturated rings. The second-order valence-corrected chi connectivity index (χ2v) is 7.19. The van der Waals surface area contributed by atoms with Crippen LogP contribution in [0.15, 0.2) is 48.5 Å². The fraction of sp³-hybridized carbons (Fsp3) is 0.318. The van der Waals surface area contributed by atoms with Gasteiger partial charge in [0.1, 0.15) is 5.75 Å². The second kappa shape index (κ2) is 9.23. The van der Waals surface area contributed by atoms with Crippen LogP contribution in [0.25, 0.3) is 0 Å². The lowest BCUT2D eigenvalue weighted by Crippen LogP contribution is -2.41. The average Bonchev–Trinajstić information content (AvgIpc) is 2.72. The summed E-state index contributed by atoms with van der Waals surface area (Å²) in [6.07, 6.45) is 1.66. The monoisotopic (exact) mass is 395 g/mol. The molecule has 7 heteroatoms. The van der Waals surface area contributed by atoms with E-state index in [0.29, 0.717) is 48.1 Å². The number of hydrogen-bond donors (Lipinski definition) is 2. The topological polar surface area (TPSA) is 102 Å². The van der Waals surface area contributed by atoms with E-state index in [1.165, 1.54) is 6.92 Å². The Morgan fingerprint density at radius 3 is 2.41 bits per heavy atom. The Kier molecular flexibility index (Phi) is 6.49. The molecule has 1 aliphatic rings. The van der Waals surface area contributed by atoms with Gasteiger partial charge in [0.25, 0.3) is 11.8 Å². The van der Waals surface area contributed by atoms with Crippen molar-refractivity contribution in [2.45, 2.75) is 19.8 Å². The quantitative estimate of drug-likeness (QED) is 0.460. The molecule has 0 aliphatic carbocycles. The van der Waals surface area contributed by atoms with Crippen LogP contribution in [0.2, 0.25) is 0 Å². The number of likely N-dealkylation sites (tertiary alicyclic amines) is 1. The van der Waals surface area contributed by atoms with Crippen LogP contribution in [0.1, 0.15) is 40.5 Å². The molecular weight excluding hydrogens is 370 g/mol. The first kappa shape index (κ1) is 20.4. The van der Waals surface area contributed by atoms with Crippen molar-refractivity contribution in [3.8, 4) is 5.75 Å². The molecule has 2 amide bonds. The summed E-state index contributed by atoms with van der Waals surface area (Å²) in [5, 5.41) is 2.93. The number of nitrogens with zero attached hydrogens (tertiary/aromatic N) is 1. The first-order chi connectivity index (χ1) is 13.9. The van der Waals surface area contributed by atoms with Crippen molar-refractivity contribution in [1.29, 1.82) is 0 Å². The van der Waals surface area contributed by atoms with E-state index in [1.807, 2.05) is 4.90 Å². The number of rotatable bonds is 5. The standard InChI is InChI=1S/C22H25N3O4/c1-15(26)29-20-4-2-3-18(13-20)21(27)24-14-16-9-11-25(12-10-16)22(28)17-5-7-19(23)8-6-17/h2-8,13,16H,9-12,14,23H2,1H3,(H,24,27). The molecule has 0 spiro atoms. The molecule has 0 saturated carbocycles. The minimum absolute atomic E-state index is 0.00905. The van der Waals surface area contributed by atoms with Crippen LogP contribution in [0.3, 0.4) is 0 Å². The maximum absolute atomic E-state index is 12.6. The molecule has 0 radical (unpaired) electrons. The van der Waals surface area contributed by atoms with E-state index in [1.54, 1.807) is 48.5 Å². The van der Waals surface area contributed by atoms with E-state index in [4.69, 9.17) is 10.5 Å². The lowest BCUT2D eigenvalue weighted by Gasteiger charge is -2.32. The van der Waals surface area contributed by atoms with Gasteiger partial charge in [-0.15, -0.1) is 0 Å². The van der Waals surface area contributed by atoms with Crippen molar-refractivity contribution in [2.24, 2.45) is 5.92 Å². The molecule has 3 N–H and O–H groups in total. The molecule has 2 aromatic rings. The van der Waals surface area contributed by atoms with Crippen molar-refractivity contribution in [1.82, 2.24) is 10.2 Å². The van der Waals surface area contributed by atoms with Crippen LogP contribution >= 0.6 is 0 Å². The summed E-state index contributed by atoms with van der Waals surface area (Å²) in [5.74, 6) is 0.0303. The molecule has 29 heavy (non-hydrogen) atoms. The third kappa shape index (κ3) is 5.57. The van der Waals surface area contributed by atoms with Gasteiger partial charge < -0.3 is 20.7 Å². The summed E-state index contributed by atoms with van der Waals surface area (Å²) in [6.45, 7) is 3.18. The van der Waals surface area contributed by atoms with Gasteiger partial charge in [0.2, 0.25) is 0 Å². The zero-order chi connectivity index (χ0) is 20.8. The highest BCUT2D eigenvalue weighted by molar-refractivity contribution is 5.95. The smallest absolute Gasteiger partial charge is 0.308 e. The van der Waals surface area contributed by atoms with Gasteiger partial charge in [0.05, 0.1) is 0 Å². The highest BCUT2D eigenvalue weighted by Gasteiger charge is 2.24. The predicted molar refractivity (Wildman–Crippen MR) is 110 cm³/mol. The molecule has 0 atom stereocenters.